The molecule has 2 rings (SSSR count). The van der Waals surface area contributed by atoms with Gasteiger partial charge in [-0.25, -0.2) is 4.39 Å². The van der Waals surface area contributed by atoms with Gasteiger partial charge in [0.05, 0.1) is 31.8 Å². The van der Waals surface area contributed by atoms with Gasteiger partial charge in [-0.1, -0.05) is 0 Å². The van der Waals surface area contributed by atoms with Crippen LogP contribution in [0.15, 0.2) is 18.2 Å². The second-order valence-electron chi connectivity index (χ2n) is 4.07. The third-order valence-electron chi connectivity index (χ3n) is 2.97. The zero-order chi connectivity index (χ0) is 12.3. The Morgan fingerprint density at radius 1 is 1.53 bits per heavy atom. The van der Waals surface area contributed by atoms with Crippen molar-refractivity contribution in [2.75, 3.05) is 7.11 Å². The predicted molar refractivity (Wildman–Crippen MR) is 60.0 cm³/mol. The zero-order valence-electron chi connectivity index (χ0n) is 9.65. The smallest absolute Gasteiger partial charge is 0.124 e. The maximum atomic E-state index is 13.2. The van der Waals surface area contributed by atoms with Crippen LogP contribution in [0.2, 0.25) is 0 Å². The maximum absolute atomic E-state index is 13.2. The Kier molecular flexibility index (Phi) is 3.60. The molecule has 1 aliphatic rings. The lowest BCUT2D eigenvalue weighted by atomic mass is 10.0. The number of rotatable bonds is 3. The summed E-state index contributed by atoms with van der Waals surface area (Å²) >= 11 is 0. The molecular weight excluding hydrogens is 221 g/mol. The molecule has 1 aromatic carbocycles. The van der Waals surface area contributed by atoms with E-state index in [0.29, 0.717) is 12.2 Å². The molecule has 1 aliphatic heterocycles. The van der Waals surface area contributed by atoms with E-state index in [0.717, 1.165) is 18.4 Å². The number of ether oxygens (including phenoxy) is 2. The lowest BCUT2D eigenvalue weighted by molar-refractivity contribution is 0.0460. The fourth-order valence-electron chi connectivity index (χ4n) is 2.14. The van der Waals surface area contributed by atoms with Crippen LogP contribution in [-0.4, -0.2) is 13.2 Å². The van der Waals surface area contributed by atoms with E-state index in [2.05, 4.69) is 6.07 Å². The fourth-order valence-corrected chi connectivity index (χ4v) is 2.14. The Balaban J connectivity index is 2.18. The highest BCUT2D eigenvalue weighted by Gasteiger charge is 2.28. The van der Waals surface area contributed by atoms with Crippen molar-refractivity contribution in [1.82, 2.24) is 0 Å². The quantitative estimate of drug-likeness (QED) is 0.808. The summed E-state index contributed by atoms with van der Waals surface area (Å²) in [5, 5.41) is 8.61. The first-order valence-corrected chi connectivity index (χ1v) is 5.60. The normalized spacial score (nSPS) is 23.4. The number of benzene rings is 1. The van der Waals surface area contributed by atoms with Gasteiger partial charge in [-0.3, -0.25) is 0 Å². The van der Waals surface area contributed by atoms with Crippen LogP contribution in [0.5, 0.6) is 5.75 Å². The minimum atomic E-state index is -0.298. The Hall–Kier alpha value is -1.60. The van der Waals surface area contributed by atoms with Gasteiger partial charge >= 0.3 is 0 Å². The van der Waals surface area contributed by atoms with E-state index in [9.17, 15) is 4.39 Å². The van der Waals surface area contributed by atoms with Gasteiger partial charge in [-0.15, -0.1) is 0 Å². The van der Waals surface area contributed by atoms with Crippen molar-refractivity contribution >= 4 is 0 Å². The molecule has 1 aromatic rings. The van der Waals surface area contributed by atoms with Crippen LogP contribution in [0.25, 0.3) is 0 Å². The molecule has 0 amide bonds. The summed E-state index contributed by atoms with van der Waals surface area (Å²) in [6.07, 6.45) is 1.80. The SMILES string of the molecule is COc1ccc(F)cc1[C@H]1CC[C@@H](CC#N)O1. The second kappa shape index (κ2) is 5.15. The van der Waals surface area contributed by atoms with Gasteiger partial charge in [0.15, 0.2) is 0 Å². The summed E-state index contributed by atoms with van der Waals surface area (Å²) in [4.78, 5) is 0. The highest BCUT2D eigenvalue weighted by Crippen LogP contribution is 2.38. The Morgan fingerprint density at radius 2 is 2.35 bits per heavy atom. The largest absolute Gasteiger partial charge is 0.496 e. The van der Waals surface area contributed by atoms with E-state index in [4.69, 9.17) is 14.7 Å². The highest BCUT2D eigenvalue weighted by molar-refractivity contribution is 5.36. The summed E-state index contributed by atoms with van der Waals surface area (Å²) in [5.41, 5.74) is 0.730. The average Bonchev–Trinajstić information content (AvgIpc) is 2.78. The molecule has 0 unspecified atom stereocenters. The van der Waals surface area contributed by atoms with Gasteiger partial charge in [0.1, 0.15) is 11.6 Å². The molecule has 0 aliphatic carbocycles. The molecule has 1 saturated heterocycles. The number of nitriles is 1. The Morgan fingerprint density at radius 3 is 3.06 bits per heavy atom. The van der Waals surface area contributed by atoms with Gasteiger partial charge < -0.3 is 9.47 Å². The van der Waals surface area contributed by atoms with Crippen molar-refractivity contribution in [3.8, 4) is 11.8 Å². The minimum absolute atomic E-state index is 0.0435. The summed E-state index contributed by atoms with van der Waals surface area (Å²) < 4.78 is 24.1. The summed E-state index contributed by atoms with van der Waals surface area (Å²) in [7, 11) is 1.55. The molecule has 1 fully saturated rings. The molecular formula is C13H14FNO2. The van der Waals surface area contributed by atoms with Crippen molar-refractivity contribution in [3.05, 3.63) is 29.6 Å². The Bertz CT molecular complexity index is 442. The predicted octanol–water partition coefficient (Wildman–Crippen LogP) is 2.97. The number of methoxy groups -OCH3 is 1. The van der Waals surface area contributed by atoms with Gasteiger partial charge in [0.2, 0.25) is 0 Å². The minimum Gasteiger partial charge on any atom is -0.496 e. The molecule has 17 heavy (non-hydrogen) atoms. The number of hydrogen-bond acceptors (Lipinski definition) is 3. The zero-order valence-corrected chi connectivity index (χ0v) is 9.65. The summed E-state index contributed by atoms with van der Waals surface area (Å²) in [6.45, 7) is 0. The number of hydrogen-bond donors (Lipinski definition) is 0. The molecule has 3 nitrogen and oxygen atoms in total. The molecule has 90 valence electrons. The van der Waals surface area contributed by atoms with E-state index >= 15 is 0 Å². The molecule has 4 heteroatoms. The first kappa shape index (κ1) is 11.9. The van der Waals surface area contributed by atoms with Crippen LogP contribution in [0.3, 0.4) is 0 Å². The van der Waals surface area contributed by atoms with E-state index < -0.39 is 0 Å². The highest BCUT2D eigenvalue weighted by atomic mass is 19.1. The van der Waals surface area contributed by atoms with Gasteiger partial charge in [0, 0.05) is 5.56 Å². The third kappa shape index (κ3) is 2.56. The monoisotopic (exact) mass is 235 g/mol. The molecule has 1 heterocycles. The van der Waals surface area contributed by atoms with Crippen molar-refractivity contribution in [2.24, 2.45) is 0 Å². The standard InChI is InChI=1S/C13H14FNO2/c1-16-12-4-2-9(14)8-11(12)13-5-3-10(17-13)6-7-15/h2,4,8,10,13H,3,5-6H2,1H3/t10-,13+/m0/s1. The van der Waals surface area contributed by atoms with E-state index in [-0.39, 0.29) is 18.0 Å². The van der Waals surface area contributed by atoms with Crippen LogP contribution >= 0.6 is 0 Å². The van der Waals surface area contributed by atoms with E-state index in [1.165, 1.54) is 12.1 Å². The molecule has 0 aromatic heterocycles. The number of halogens is 1. The first-order chi connectivity index (χ1) is 8.24. The van der Waals surface area contributed by atoms with Crippen molar-refractivity contribution in [3.63, 3.8) is 0 Å². The molecule has 0 bridgehead atoms. The Labute approximate surface area is 99.8 Å². The van der Waals surface area contributed by atoms with Crippen LogP contribution in [0, 0.1) is 17.1 Å². The maximum Gasteiger partial charge on any atom is 0.124 e. The van der Waals surface area contributed by atoms with Crippen molar-refractivity contribution in [1.29, 1.82) is 5.26 Å². The molecule has 0 spiro atoms. The molecule has 2 atom stereocenters. The van der Waals surface area contributed by atoms with E-state index in [1.54, 1.807) is 13.2 Å². The van der Waals surface area contributed by atoms with Crippen LogP contribution in [0.1, 0.15) is 30.9 Å². The lowest BCUT2D eigenvalue weighted by Crippen LogP contribution is -2.06. The molecule has 0 radical (unpaired) electrons. The number of nitrogens with zero attached hydrogens (tertiary/aromatic N) is 1. The fraction of sp³-hybridized carbons (Fsp3) is 0.462. The van der Waals surface area contributed by atoms with Crippen molar-refractivity contribution < 1.29 is 13.9 Å². The molecule has 0 N–H and O–H groups in total. The topological polar surface area (TPSA) is 42.2 Å². The van der Waals surface area contributed by atoms with Crippen molar-refractivity contribution in [2.45, 2.75) is 31.5 Å². The van der Waals surface area contributed by atoms with Crippen LogP contribution in [-0.2, 0) is 4.74 Å². The second-order valence-corrected chi connectivity index (χ2v) is 4.07. The lowest BCUT2D eigenvalue weighted by Gasteiger charge is -2.15. The van der Waals surface area contributed by atoms with E-state index in [1.807, 2.05) is 0 Å². The van der Waals surface area contributed by atoms with Crippen LogP contribution < -0.4 is 4.74 Å². The summed E-state index contributed by atoms with van der Waals surface area (Å²) in [6, 6.07) is 6.50. The average molecular weight is 235 g/mol. The van der Waals surface area contributed by atoms with Gasteiger partial charge in [-0.2, -0.15) is 5.26 Å². The van der Waals surface area contributed by atoms with Gasteiger partial charge in [-0.05, 0) is 31.0 Å². The summed E-state index contributed by atoms with van der Waals surface area (Å²) in [5.74, 6) is 0.335. The molecule has 0 saturated carbocycles. The van der Waals surface area contributed by atoms with Crippen LogP contribution in [0.4, 0.5) is 4.39 Å². The third-order valence-corrected chi connectivity index (χ3v) is 2.97. The van der Waals surface area contributed by atoms with Gasteiger partial charge in [0.25, 0.3) is 0 Å². The first-order valence-electron chi connectivity index (χ1n) is 5.60.